The molecule has 0 unspecified atom stereocenters. The van der Waals surface area contributed by atoms with Gasteiger partial charge in [-0.05, 0) is 43.7 Å². The van der Waals surface area contributed by atoms with Crippen LogP contribution < -0.4 is 5.32 Å². The number of amides is 2. The van der Waals surface area contributed by atoms with E-state index in [9.17, 15) is 9.59 Å². The first-order chi connectivity index (χ1) is 14.0. The fraction of sp³-hybridized carbons (Fsp3) is 0.524. The van der Waals surface area contributed by atoms with Gasteiger partial charge in [-0.3, -0.25) is 9.59 Å². The van der Waals surface area contributed by atoms with Crippen molar-refractivity contribution in [1.29, 1.82) is 0 Å². The molecule has 4 atom stereocenters. The zero-order valence-electron chi connectivity index (χ0n) is 17.0. The van der Waals surface area contributed by atoms with Gasteiger partial charge in [0.05, 0.1) is 29.6 Å². The van der Waals surface area contributed by atoms with Crippen molar-refractivity contribution in [2.45, 2.75) is 38.8 Å². The SMILES string of the molecule is CO[C@@H]1C[C@H]2CN(C(=O)c3cnn(-c4ccccn4)c3C)C[C@H]2C[C@H]1NC(C)=O. The van der Waals surface area contributed by atoms with Gasteiger partial charge in [-0.25, -0.2) is 9.67 Å². The van der Waals surface area contributed by atoms with E-state index >= 15 is 0 Å². The average Bonchev–Trinajstić information content (AvgIpc) is 3.30. The van der Waals surface area contributed by atoms with E-state index in [1.54, 1.807) is 24.2 Å². The Labute approximate surface area is 170 Å². The number of likely N-dealkylation sites (tertiary alicyclic amines) is 1. The Balaban J connectivity index is 1.49. The monoisotopic (exact) mass is 397 g/mol. The summed E-state index contributed by atoms with van der Waals surface area (Å²) < 4.78 is 7.32. The van der Waals surface area contributed by atoms with Gasteiger partial charge in [0.25, 0.3) is 5.91 Å². The fourth-order valence-corrected chi connectivity index (χ4v) is 4.75. The predicted molar refractivity (Wildman–Crippen MR) is 107 cm³/mol. The molecule has 4 rings (SSSR count). The lowest BCUT2D eigenvalue weighted by Crippen LogP contribution is -2.49. The molecular weight excluding hydrogens is 370 g/mol. The van der Waals surface area contributed by atoms with Gasteiger partial charge in [-0.2, -0.15) is 5.10 Å². The number of fused-ring (bicyclic) bond motifs is 1. The van der Waals surface area contributed by atoms with E-state index in [0.29, 0.717) is 36.3 Å². The molecular formula is C21H27N5O3. The molecule has 2 aliphatic rings. The van der Waals surface area contributed by atoms with Gasteiger partial charge in [0, 0.05) is 33.3 Å². The maximum Gasteiger partial charge on any atom is 0.257 e. The lowest BCUT2D eigenvalue weighted by molar-refractivity contribution is -0.121. The molecule has 29 heavy (non-hydrogen) atoms. The van der Waals surface area contributed by atoms with Gasteiger partial charge in [-0.1, -0.05) is 6.07 Å². The molecule has 1 N–H and O–H groups in total. The first-order valence-corrected chi connectivity index (χ1v) is 10.0. The highest BCUT2D eigenvalue weighted by Crippen LogP contribution is 2.38. The quantitative estimate of drug-likeness (QED) is 0.846. The fourth-order valence-electron chi connectivity index (χ4n) is 4.75. The van der Waals surface area contributed by atoms with Crippen LogP contribution in [0.2, 0.25) is 0 Å². The molecule has 1 aliphatic carbocycles. The third kappa shape index (κ3) is 3.76. The molecule has 3 heterocycles. The number of methoxy groups -OCH3 is 1. The molecule has 0 aromatic carbocycles. The summed E-state index contributed by atoms with van der Waals surface area (Å²) in [6, 6.07) is 5.61. The van der Waals surface area contributed by atoms with Gasteiger partial charge < -0.3 is 15.0 Å². The third-order valence-electron chi connectivity index (χ3n) is 6.20. The molecule has 1 saturated carbocycles. The molecule has 8 nitrogen and oxygen atoms in total. The lowest BCUT2D eigenvalue weighted by Gasteiger charge is -2.37. The van der Waals surface area contributed by atoms with Crippen LogP contribution in [0.15, 0.2) is 30.6 Å². The highest BCUT2D eigenvalue weighted by Gasteiger charge is 2.44. The van der Waals surface area contributed by atoms with Crippen LogP contribution in [0.25, 0.3) is 5.82 Å². The van der Waals surface area contributed by atoms with E-state index in [0.717, 1.165) is 18.5 Å². The summed E-state index contributed by atoms with van der Waals surface area (Å²) in [5.41, 5.74) is 1.39. The Kier molecular flexibility index (Phi) is 5.36. The van der Waals surface area contributed by atoms with Crippen LogP contribution in [0.1, 0.15) is 35.8 Å². The predicted octanol–water partition coefficient (Wildman–Crippen LogP) is 1.58. The normalized spacial score (nSPS) is 26.2. The van der Waals surface area contributed by atoms with E-state index < -0.39 is 0 Å². The van der Waals surface area contributed by atoms with E-state index in [-0.39, 0.29) is 24.0 Å². The Morgan fingerprint density at radius 2 is 1.97 bits per heavy atom. The third-order valence-corrected chi connectivity index (χ3v) is 6.20. The van der Waals surface area contributed by atoms with Gasteiger partial charge >= 0.3 is 0 Å². The van der Waals surface area contributed by atoms with Crippen LogP contribution >= 0.6 is 0 Å². The van der Waals surface area contributed by atoms with Crippen molar-refractivity contribution in [2.75, 3.05) is 20.2 Å². The lowest BCUT2D eigenvalue weighted by atomic mass is 9.77. The van der Waals surface area contributed by atoms with Crippen molar-refractivity contribution >= 4 is 11.8 Å². The molecule has 8 heteroatoms. The number of nitrogens with zero attached hydrogens (tertiary/aromatic N) is 4. The van der Waals surface area contributed by atoms with Crippen molar-refractivity contribution in [2.24, 2.45) is 11.8 Å². The van der Waals surface area contributed by atoms with E-state index in [1.807, 2.05) is 30.0 Å². The molecule has 154 valence electrons. The van der Waals surface area contributed by atoms with Gasteiger partial charge in [-0.15, -0.1) is 0 Å². The molecule has 1 aliphatic heterocycles. The number of nitrogens with one attached hydrogen (secondary N) is 1. The molecule has 1 saturated heterocycles. The number of ether oxygens (including phenoxy) is 1. The van der Waals surface area contributed by atoms with Crippen LogP contribution in [-0.2, 0) is 9.53 Å². The summed E-state index contributed by atoms with van der Waals surface area (Å²) in [4.78, 5) is 31.0. The second kappa shape index (κ2) is 7.94. The maximum atomic E-state index is 13.2. The minimum atomic E-state index is -0.0426. The number of hydrogen-bond acceptors (Lipinski definition) is 5. The summed E-state index contributed by atoms with van der Waals surface area (Å²) >= 11 is 0. The number of carbonyl (C=O) groups excluding carboxylic acids is 2. The average molecular weight is 397 g/mol. The largest absolute Gasteiger partial charge is 0.379 e. The van der Waals surface area contributed by atoms with Crippen molar-refractivity contribution in [3.8, 4) is 5.82 Å². The Morgan fingerprint density at radius 1 is 1.21 bits per heavy atom. The summed E-state index contributed by atoms with van der Waals surface area (Å²) in [5.74, 6) is 1.41. The first-order valence-electron chi connectivity index (χ1n) is 10.0. The van der Waals surface area contributed by atoms with Crippen LogP contribution in [-0.4, -0.2) is 63.8 Å². The van der Waals surface area contributed by atoms with Crippen molar-refractivity contribution < 1.29 is 14.3 Å². The van der Waals surface area contributed by atoms with Gasteiger partial charge in [0.2, 0.25) is 5.91 Å². The minimum absolute atomic E-state index is 0.00226. The van der Waals surface area contributed by atoms with Gasteiger partial charge in [0.1, 0.15) is 0 Å². The van der Waals surface area contributed by atoms with E-state index in [4.69, 9.17) is 4.74 Å². The highest BCUT2D eigenvalue weighted by molar-refractivity contribution is 5.95. The van der Waals surface area contributed by atoms with Crippen LogP contribution in [0.4, 0.5) is 0 Å². The molecule has 0 bridgehead atoms. The highest BCUT2D eigenvalue weighted by atomic mass is 16.5. The number of carbonyl (C=O) groups is 2. The molecule has 2 aromatic rings. The smallest absolute Gasteiger partial charge is 0.257 e. The maximum absolute atomic E-state index is 13.2. The summed E-state index contributed by atoms with van der Waals surface area (Å²) in [6.45, 7) is 4.84. The number of aromatic nitrogens is 3. The van der Waals surface area contributed by atoms with Crippen LogP contribution in [0.5, 0.6) is 0 Å². The van der Waals surface area contributed by atoms with E-state index in [2.05, 4.69) is 15.4 Å². The second-order valence-corrected chi connectivity index (χ2v) is 8.03. The number of rotatable bonds is 4. The number of hydrogen-bond donors (Lipinski definition) is 1. The minimum Gasteiger partial charge on any atom is -0.379 e. The zero-order chi connectivity index (χ0) is 20.5. The first kappa shape index (κ1) is 19.6. The summed E-state index contributed by atoms with van der Waals surface area (Å²) in [7, 11) is 1.69. The number of pyridine rings is 1. The Bertz CT molecular complexity index is 897. The van der Waals surface area contributed by atoms with Crippen LogP contribution in [0.3, 0.4) is 0 Å². The Hall–Kier alpha value is -2.74. The molecule has 2 amide bonds. The standard InChI is InChI=1S/C21H27N5O3/c1-13-17(10-23-26(13)20-6-4-5-7-22-20)21(28)25-11-15-8-18(24-14(2)27)19(29-3)9-16(15)12-25/h4-7,10,15-16,18-19H,8-9,11-12H2,1-3H3,(H,24,27)/t15-,16+,18-,19-/m1/s1. The Morgan fingerprint density at radius 3 is 2.62 bits per heavy atom. The van der Waals surface area contributed by atoms with Crippen molar-refractivity contribution in [3.05, 3.63) is 41.9 Å². The van der Waals surface area contributed by atoms with Gasteiger partial charge in [0.15, 0.2) is 5.82 Å². The molecule has 0 spiro atoms. The summed E-state index contributed by atoms with van der Waals surface area (Å²) in [5, 5.41) is 7.39. The van der Waals surface area contributed by atoms with E-state index in [1.165, 1.54) is 6.92 Å². The topological polar surface area (TPSA) is 89.3 Å². The molecule has 2 aromatic heterocycles. The van der Waals surface area contributed by atoms with Crippen molar-refractivity contribution in [3.63, 3.8) is 0 Å². The zero-order valence-corrected chi connectivity index (χ0v) is 17.0. The van der Waals surface area contributed by atoms with Crippen LogP contribution in [0, 0.1) is 18.8 Å². The summed E-state index contributed by atoms with van der Waals surface area (Å²) in [6.07, 6.45) is 5.01. The second-order valence-electron chi connectivity index (χ2n) is 8.03. The molecule has 2 fully saturated rings. The molecule has 0 radical (unpaired) electrons. The van der Waals surface area contributed by atoms with Crippen molar-refractivity contribution in [1.82, 2.24) is 25.0 Å².